The zero-order valence-corrected chi connectivity index (χ0v) is 30.4. The highest BCUT2D eigenvalue weighted by Gasteiger charge is 2.69. The summed E-state index contributed by atoms with van der Waals surface area (Å²) >= 11 is 0. The lowest BCUT2D eigenvalue weighted by molar-refractivity contribution is -0.413. The van der Waals surface area contributed by atoms with Crippen LogP contribution in [0.25, 0.3) is 0 Å². The van der Waals surface area contributed by atoms with Crippen LogP contribution in [0.2, 0.25) is 0 Å². The third-order valence-corrected chi connectivity index (χ3v) is 11.4. The standard InChI is InChI=1S/C32H50O25/c1-5-4-32(5)24(43)22(55-30-21(12(37)8(33)6(2)50-30)54-28-15(40)10(35)13(38)19(52-28)25(44)45)23(56-29-16(41)11(36)14(39)20(53-29)26(46)47)31(57-32)51-18-9(34)7(3)49-27(48)17(18)42/h5-24,27-31,33-43,48H,4H2,1-3H3,(H,44,45)(H,46,47)/t5-,6-,7-,8-,9-,10-,11-,12+,13-,14-,15+,16+,17-,18+,19-,20-,21-,22-,23-,24+,27-,28-,29-,30+,31-,32?/m0/s1. The predicted octanol–water partition coefficient (Wildman–Crippen LogP) is -8.27. The predicted molar refractivity (Wildman–Crippen MR) is 170 cm³/mol. The van der Waals surface area contributed by atoms with E-state index >= 15 is 0 Å². The van der Waals surface area contributed by atoms with Gasteiger partial charge in [-0.3, -0.25) is 0 Å². The van der Waals surface area contributed by atoms with E-state index in [1.165, 1.54) is 13.8 Å². The fraction of sp³-hybridized carbons (Fsp3) is 0.938. The molecule has 0 aromatic heterocycles. The fourth-order valence-corrected chi connectivity index (χ4v) is 7.74. The van der Waals surface area contributed by atoms with Gasteiger partial charge in [-0.15, -0.1) is 0 Å². The minimum absolute atomic E-state index is 0.0924. The van der Waals surface area contributed by atoms with Crippen LogP contribution in [-0.4, -0.2) is 236 Å². The Labute approximate surface area is 321 Å². The fourth-order valence-electron chi connectivity index (χ4n) is 7.74. The zero-order valence-electron chi connectivity index (χ0n) is 30.4. The number of carbonyl (C=O) groups is 2. The molecule has 5 aliphatic heterocycles. The molecule has 14 N–H and O–H groups in total. The molecular formula is C32H50O25. The highest BCUT2D eigenvalue weighted by Crippen LogP contribution is 2.55. The summed E-state index contributed by atoms with van der Waals surface area (Å²) in [6.07, 6.45) is -46.9. The maximum absolute atomic E-state index is 11.9. The number of aliphatic hydroxyl groups excluding tert-OH is 12. The first-order chi connectivity index (χ1) is 26.6. The van der Waals surface area contributed by atoms with Gasteiger partial charge in [0, 0.05) is 0 Å². The van der Waals surface area contributed by atoms with Gasteiger partial charge in [-0.1, -0.05) is 6.92 Å². The summed E-state index contributed by atoms with van der Waals surface area (Å²) < 4.78 is 51.4. The Morgan fingerprint density at radius 1 is 0.474 bits per heavy atom. The van der Waals surface area contributed by atoms with E-state index in [1.54, 1.807) is 6.92 Å². The van der Waals surface area contributed by atoms with Crippen molar-refractivity contribution in [3.8, 4) is 0 Å². The van der Waals surface area contributed by atoms with E-state index in [0.717, 1.165) is 0 Å². The van der Waals surface area contributed by atoms with Crippen molar-refractivity contribution in [3.63, 3.8) is 0 Å². The molecule has 1 aliphatic carbocycles. The number of rotatable bonds is 10. The Kier molecular flexibility index (Phi) is 13.2. The van der Waals surface area contributed by atoms with Gasteiger partial charge in [-0.25, -0.2) is 9.59 Å². The van der Waals surface area contributed by atoms with Crippen molar-refractivity contribution >= 4 is 11.9 Å². The summed E-state index contributed by atoms with van der Waals surface area (Å²) in [5, 5.41) is 148. The van der Waals surface area contributed by atoms with Gasteiger partial charge in [0.15, 0.2) is 43.7 Å². The molecular weight excluding hydrogens is 784 g/mol. The molecule has 0 bridgehead atoms. The number of ether oxygens (including phenoxy) is 9. The Morgan fingerprint density at radius 3 is 1.42 bits per heavy atom. The van der Waals surface area contributed by atoms with Crippen LogP contribution < -0.4 is 0 Å². The summed E-state index contributed by atoms with van der Waals surface area (Å²) in [5.41, 5.74) is -1.59. The van der Waals surface area contributed by atoms with Crippen LogP contribution in [0.15, 0.2) is 0 Å². The smallest absolute Gasteiger partial charge is 0.335 e. The Hall–Kier alpha value is -1.90. The van der Waals surface area contributed by atoms with Crippen molar-refractivity contribution in [1.82, 2.24) is 0 Å². The topological polar surface area (TPSA) is 400 Å². The summed E-state index contributed by atoms with van der Waals surface area (Å²) in [6.45, 7) is 4.25. The molecule has 26 atom stereocenters. The molecule has 1 unspecified atom stereocenters. The molecule has 1 saturated carbocycles. The lowest BCUT2D eigenvalue weighted by Crippen LogP contribution is -2.69. The lowest BCUT2D eigenvalue weighted by atomic mass is 9.93. The maximum atomic E-state index is 11.9. The SMILES string of the molecule is C[C@@H]1O[C@H](O[C@H]2[C@H](O[C@@H]3O[C@H](C(=O)O)[C@@H](O)[C@H](O)[C@H]3O)[C@@H](O[C@@H]3[C@@H](O)[C@H](C)O[C@H](O)[C@H]3O)OC3(C[C@@H]3C)[C@@H]2O)[C@@H](O[C@@H]2O[C@H](C(=O)O)[C@@H](O)[C@H](O)[C@H]2O)[C@H](O)[C@H]1O. The molecule has 25 nitrogen and oxygen atoms in total. The first-order valence-electron chi connectivity index (χ1n) is 18.1. The molecule has 6 aliphatic rings. The van der Waals surface area contributed by atoms with Crippen molar-refractivity contribution in [1.29, 1.82) is 0 Å². The summed E-state index contributed by atoms with van der Waals surface area (Å²) in [6, 6.07) is 0. The van der Waals surface area contributed by atoms with Crippen LogP contribution in [0.1, 0.15) is 27.2 Å². The number of carboxylic acids is 2. The number of aliphatic carboxylic acids is 2. The third kappa shape index (κ3) is 8.17. The van der Waals surface area contributed by atoms with E-state index in [-0.39, 0.29) is 6.42 Å². The molecule has 1 spiro atoms. The molecule has 328 valence electrons. The van der Waals surface area contributed by atoms with E-state index in [2.05, 4.69) is 0 Å². The van der Waals surface area contributed by atoms with Crippen molar-refractivity contribution in [2.75, 3.05) is 0 Å². The summed E-state index contributed by atoms with van der Waals surface area (Å²) in [7, 11) is 0. The van der Waals surface area contributed by atoms with Gasteiger partial charge in [0.1, 0.15) is 97.2 Å². The van der Waals surface area contributed by atoms with Crippen LogP contribution in [0.5, 0.6) is 0 Å². The largest absolute Gasteiger partial charge is 0.479 e. The number of carboxylic acid groups (broad SMARTS) is 2. The number of aliphatic hydroxyl groups is 12. The van der Waals surface area contributed by atoms with Crippen LogP contribution in [-0.2, 0) is 52.2 Å². The van der Waals surface area contributed by atoms with E-state index in [9.17, 15) is 81.1 Å². The lowest BCUT2D eigenvalue weighted by Gasteiger charge is -2.51. The highest BCUT2D eigenvalue weighted by atomic mass is 16.8. The van der Waals surface area contributed by atoms with Crippen LogP contribution in [0.4, 0.5) is 0 Å². The summed E-state index contributed by atoms with van der Waals surface area (Å²) in [5.74, 6) is -4.07. The minimum atomic E-state index is -2.21. The van der Waals surface area contributed by atoms with Crippen LogP contribution in [0.3, 0.4) is 0 Å². The molecule has 57 heavy (non-hydrogen) atoms. The molecule has 25 heteroatoms. The van der Waals surface area contributed by atoms with Crippen LogP contribution >= 0.6 is 0 Å². The maximum Gasteiger partial charge on any atom is 0.335 e. The molecule has 6 fully saturated rings. The molecule has 0 aromatic carbocycles. The molecule has 0 radical (unpaired) electrons. The molecule has 0 amide bonds. The van der Waals surface area contributed by atoms with E-state index in [1.807, 2.05) is 0 Å². The van der Waals surface area contributed by atoms with Crippen molar-refractivity contribution < 1.29 is 124 Å². The Bertz CT molecular complexity index is 1410. The first-order valence-corrected chi connectivity index (χ1v) is 18.1. The highest BCUT2D eigenvalue weighted by molar-refractivity contribution is 5.73. The molecule has 5 heterocycles. The van der Waals surface area contributed by atoms with Gasteiger partial charge < -0.3 is 114 Å². The summed E-state index contributed by atoms with van der Waals surface area (Å²) in [4.78, 5) is 23.7. The number of hydrogen-bond acceptors (Lipinski definition) is 23. The van der Waals surface area contributed by atoms with Crippen molar-refractivity contribution in [2.45, 2.75) is 180 Å². The first kappa shape index (κ1) is 44.6. The second-order valence-corrected chi connectivity index (χ2v) is 15.3. The van der Waals surface area contributed by atoms with E-state index in [0.29, 0.717) is 0 Å². The molecule has 6 rings (SSSR count). The second-order valence-electron chi connectivity index (χ2n) is 15.3. The van der Waals surface area contributed by atoms with Gasteiger partial charge in [-0.2, -0.15) is 0 Å². The van der Waals surface area contributed by atoms with Gasteiger partial charge in [0.2, 0.25) is 0 Å². The van der Waals surface area contributed by atoms with Crippen molar-refractivity contribution in [2.24, 2.45) is 5.92 Å². The molecule has 5 saturated heterocycles. The number of hydrogen-bond donors (Lipinski definition) is 14. The zero-order chi connectivity index (χ0) is 42.2. The van der Waals surface area contributed by atoms with Gasteiger partial charge in [0.25, 0.3) is 0 Å². The van der Waals surface area contributed by atoms with E-state index < -0.39 is 171 Å². The monoisotopic (exact) mass is 834 g/mol. The van der Waals surface area contributed by atoms with Crippen molar-refractivity contribution in [3.05, 3.63) is 0 Å². The normalized spacial score (nSPS) is 55.7. The van der Waals surface area contributed by atoms with Gasteiger partial charge in [-0.05, 0) is 26.2 Å². The van der Waals surface area contributed by atoms with Crippen LogP contribution in [0, 0.1) is 5.92 Å². The minimum Gasteiger partial charge on any atom is -0.479 e. The average Bonchev–Trinajstić information content (AvgIpc) is 3.81. The second kappa shape index (κ2) is 16.9. The third-order valence-electron chi connectivity index (χ3n) is 11.4. The van der Waals surface area contributed by atoms with E-state index in [4.69, 9.17) is 42.6 Å². The Morgan fingerprint density at radius 2 is 0.930 bits per heavy atom. The van der Waals surface area contributed by atoms with Gasteiger partial charge >= 0.3 is 11.9 Å². The Balaban J connectivity index is 1.38. The quantitative estimate of drug-likeness (QED) is 0.0971. The van der Waals surface area contributed by atoms with Gasteiger partial charge in [0.05, 0.1) is 12.2 Å². The molecule has 0 aromatic rings. The average molecular weight is 835 g/mol.